The molecule has 1 aliphatic rings. The Hall–Kier alpha value is -4.27. The second-order valence-corrected chi connectivity index (χ2v) is 6.50. The Kier molecular flexibility index (Phi) is 4.63. The molecule has 0 unspecified atom stereocenters. The van der Waals surface area contributed by atoms with E-state index in [0.717, 1.165) is 9.58 Å². The molecule has 8 nitrogen and oxygen atoms in total. The van der Waals surface area contributed by atoms with Crippen LogP contribution in [0.4, 0.5) is 10.1 Å². The molecule has 0 saturated heterocycles. The first-order chi connectivity index (χ1) is 14.4. The summed E-state index contributed by atoms with van der Waals surface area (Å²) < 4.78 is 14.1. The van der Waals surface area contributed by atoms with Gasteiger partial charge < -0.3 is 5.11 Å². The number of H-pyrrole nitrogens is 1. The number of aromatic amines is 1. The Labute approximate surface area is 168 Å². The number of nitrogens with one attached hydrogen (secondary N) is 1. The molecule has 4 rings (SSSR count). The number of carbonyl (C=O) groups is 1. The third-order valence-electron chi connectivity index (χ3n) is 4.56. The Balaban J connectivity index is 1.81. The Morgan fingerprint density at radius 3 is 2.33 bits per heavy atom. The van der Waals surface area contributed by atoms with Crippen molar-refractivity contribution in [1.82, 2.24) is 9.55 Å². The molecule has 0 bridgehead atoms. The van der Waals surface area contributed by atoms with Crippen LogP contribution in [0, 0.1) is 5.82 Å². The highest BCUT2D eigenvalue weighted by molar-refractivity contribution is 6.32. The summed E-state index contributed by atoms with van der Waals surface area (Å²) in [5, 5.41) is 15.9. The molecular weight excluding hydrogens is 391 g/mol. The number of nitrogens with zero attached hydrogens (tertiary/aromatic N) is 3. The van der Waals surface area contributed by atoms with E-state index < -0.39 is 28.9 Å². The number of aromatic nitrogens is 2. The maximum atomic E-state index is 13.2. The summed E-state index contributed by atoms with van der Waals surface area (Å²) in [5.74, 6) is -1.62. The highest BCUT2D eigenvalue weighted by atomic mass is 19.1. The maximum absolute atomic E-state index is 13.2. The lowest BCUT2D eigenvalue weighted by Crippen LogP contribution is -2.30. The van der Waals surface area contributed by atoms with Gasteiger partial charge in [0.15, 0.2) is 0 Å². The summed E-state index contributed by atoms with van der Waals surface area (Å²) in [6, 6.07) is 13.4. The van der Waals surface area contributed by atoms with Crippen LogP contribution in [0.15, 0.2) is 74.9 Å². The zero-order chi connectivity index (χ0) is 21.4. The standard InChI is InChI=1S/C21H15FN4O4/c1-12-16(20(29)26(24-12)15-9-7-13(22)8-10-15)11-17-18(27)23-21(30)25(19(17)28)14-5-3-2-4-6-14/h2-11,28H,1H3,(H,23,27,30)/b16-11+. The number of hydrogen-bond acceptors (Lipinski definition) is 5. The van der Waals surface area contributed by atoms with Crippen molar-refractivity contribution < 1.29 is 14.3 Å². The normalized spacial score (nSPS) is 15.0. The molecule has 0 spiro atoms. The molecule has 0 fully saturated rings. The van der Waals surface area contributed by atoms with E-state index >= 15 is 0 Å². The zero-order valence-electron chi connectivity index (χ0n) is 15.7. The van der Waals surface area contributed by atoms with Gasteiger partial charge in [-0.15, -0.1) is 0 Å². The van der Waals surface area contributed by atoms with Crippen LogP contribution >= 0.6 is 0 Å². The first-order valence-electron chi connectivity index (χ1n) is 8.88. The Morgan fingerprint density at radius 1 is 1.00 bits per heavy atom. The van der Waals surface area contributed by atoms with Crippen LogP contribution in [0.1, 0.15) is 12.5 Å². The van der Waals surface area contributed by atoms with Gasteiger partial charge in [-0.2, -0.15) is 10.1 Å². The number of amides is 1. The predicted molar refractivity (Wildman–Crippen MR) is 109 cm³/mol. The summed E-state index contributed by atoms with van der Waals surface area (Å²) in [7, 11) is 0. The molecule has 2 N–H and O–H groups in total. The number of hydrogen-bond donors (Lipinski definition) is 2. The van der Waals surface area contributed by atoms with Gasteiger partial charge in [0.1, 0.15) is 11.4 Å². The lowest BCUT2D eigenvalue weighted by atomic mass is 10.1. The van der Waals surface area contributed by atoms with Crippen LogP contribution in [0.3, 0.4) is 0 Å². The quantitative estimate of drug-likeness (QED) is 0.650. The van der Waals surface area contributed by atoms with Gasteiger partial charge in [0, 0.05) is 0 Å². The van der Waals surface area contributed by atoms with Gasteiger partial charge in [-0.25, -0.2) is 13.8 Å². The second-order valence-electron chi connectivity index (χ2n) is 6.50. The first kappa shape index (κ1) is 19.1. The zero-order valence-corrected chi connectivity index (χ0v) is 15.7. The molecule has 30 heavy (non-hydrogen) atoms. The van der Waals surface area contributed by atoms with Crippen LogP contribution in [0.2, 0.25) is 0 Å². The number of benzene rings is 2. The monoisotopic (exact) mass is 406 g/mol. The molecule has 0 radical (unpaired) electrons. The van der Waals surface area contributed by atoms with Crippen molar-refractivity contribution in [3.05, 3.63) is 92.4 Å². The third kappa shape index (κ3) is 3.22. The van der Waals surface area contributed by atoms with Crippen molar-refractivity contribution in [3.8, 4) is 11.6 Å². The summed E-state index contributed by atoms with van der Waals surface area (Å²) >= 11 is 0. The second kappa shape index (κ2) is 7.28. The van der Waals surface area contributed by atoms with Gasteiger partial charge in [0.05, 0.1) is 22.7 Å². The largest absolute Gasteiger partial charge is 0.494 e. The molecular formula is C21H15FN4O4. The van der Waals surface area contributed by atoms with E-state index in [1.165, 1.54) is 30.3 Å². The minimum Gasteiger partial charge on any atom is -0.494 e. The van der Waals surface area contributed by atoms with Crippen molar-refractivity contribution in [2.24, 2.45) is 5.10 Å². The van der Waals surface area contributed by atoms with Crippen molar-refractivity contribution >= 4 is 23.4 Å². The predicted octanol–water partition coefficient (Wildman–Crippen LogP) is 2.18. The molecule has 0 atom stereocenters. The van der Waals surface area contributed by atoms with E-state index in [1.807, 2.05) is 0 Å². The molecule has 0 aliphatic carbocycles. The number of hydrazone groups is 1. The van der Waals surface area contributed by atoms with Gasteiger partial charge >= 0.3 is 5.69 Å². The summed E-state index contributed by atoms with van der Waals surface area (Å²) in [5.41, 5.74) is -0.903. The van der Waals surface area contributed by atoms with E-state index in [4.69, 9.17) is 0 Å². The van der Waals surface area contributed by atoms with Gasteiger partial charge in [0.25, 0.3) is 11.5 Å². The van der Waals surface area contributed by atoms with Gasteiger partial charge in [0.2, 0.25) is 5.88 Å². The van der Waals surface area contributed by atoms with Crippen molar-refractivity contribution in [1.29, 1.82) is 0 Å². The molecule has 9 heteroatoms. The average molecular weight is 406 g/mol. The van der Waals surface area contributed by atoms with E-state index in [-0.39, 0.29) is 11.1 Å². The Bertz CT molecular complexity index is 1320. The molecule has 150 valence electrons. The maximum Gasteiger partial charge on any atom is 0.335 e. The Morgan fingerprint density at radius 2 is 1.67 bits per heavy atom. The number of rotatable bonds is 3. The van der Waals surface area contributed by atoms with Crippen LogP contribution in [-0.4, -0.2) is 26.3 Å². The lowest BCUT2D eigenvalue weighted by molar-refractivity contribution is -0.114. The average Bonchev–Trinajstić information content (AvgIpc) is 3.00. The molecule has 2 heterocycles. The van der Waals surface area contributed by atoms with Gasteiger partial charge in [-0.05, 0) is 49.4 Å². The fourth-order valence-electron chi connectivity index (χ4n) is 3.07. The summed E-state index contributed by atoms with van der Waals surface area (Å²) in [6.07, 6.45) is 1.18. The van der Waals surface area contributed by atoms with E-state index in [9.17, 15) is 23.9 Å². The summed E-state index contributed by atoms with van der Waals surface area (Å²) in [4.78, 5) is 39.6. The summed E-state index contributed by atoms with van der Waals surface area (Å²) in [6.45, 7) is 1.56. The fraction of sp³-hybridized carbons (Fsp3) is 0.0476. The fourth-order valence-corrected chi connectivity index (χ4v) is 3.07. The minimum absolute atomic E-state index is 0.0541. The topological polar surface area (TPSA) is 108 Å². The number of aromatic hydroxyl groups is 1. The third-order valence-corrected chi connectivity index (χ3v) is 4.56. The van der Waals surface area contributed by atoms with E-state index in [0.29, 0.717) is 17.1 Å². The number of anilines is 1. The van der Waals surface area contributed by atoms with Crippen molar-refractivity contribution in [2.75, 3.05) is 5.01 Å². The highest BCUT2D eigenvalue weighted by Gasteiger charge is 2.29. The molecule has 1 aliphatic heterocycles. The lowest BCUT2D eigenvalue weighted by Gasteiger charge is -2.12. The minimum atomic E-state index is -0.849. The molecule has 1 amide bonds. The van der Waals surface area contributed by atoms with Crippen molar-refractivity contribution in [3.63, 3.8) is 0 Å². The molecule has 3 aromatic rings. The SMILES string of the molecule is CC1=NN(c2ccc(F)cc2)C(=O)/C1=C/c1c(O)n(-c2ccccc2)c(=O)[nH]c1=O. The van der Waals surface area contributed by atoms with E-state index in [1.54, 1.807) is 37.3 Å². The highest BCUT2D eigenvalue weighted by Crippen LogP contribution is 2.26. The number of halogens is 1. The van der Waals surface area contributed by atoms with Crippen LogP contribution in [0.25, 0.3) is 11.8 Å². The van der Waals surface area contributed by atoms with Gasteiger partial charge in [-0.3, -0.25) is 14.6 Å². The van der Waals surface area contributed by atoms with Crippen molar-refractivity contribution in [2.45, 2.75) is 6.92 Å². The molecule has 1 aromatic heterocycles. The smallest absolute Gasteiger partial charge is 0.335 e. The van der Waals surface area contributed by atoms with Gasteiger partial charge in [-0.1, -0.05) is 18.2 Å². The van der Waals surface area contributed by atoms with E-state index in [2.05, 4.69) is 10.1 Å². The number of carbonyl (C=O) groups excluding carboxylic acids is 1. The van der Waals surface area contributed by atoms with Crippen LogP contribution in [0.5, 0.6) is 5.88 Å². The number of para-hydroxylation sites is 1. The van der Waals surface area contributed by atoms with Crippen LogP contribution in [-0.2, 0) is 4.79 Å². The van der Waals surface area contributed by atoms with Crippen LogP contribution < -0.4 is 16.3 Å². The molecule has 0 saturated carbocycles. The molecule has 2 aromatic carbocycles. The first-order valence-corrected chi connectivity index (χ1v) is 8.88.